The Labute approximate surface area is 233 Å². The smallest absolute Gasteiger partial charge is 0.326 e. The highest BCUT2D eigenvalue weighted by atomic mass is 16.4. The van der Waals surface area contributed by atoms with Crippen LogP contribution in [0.1, 0.15) is 44.2 Å². The highest BCUT2D eigenvalue weighted by Gasteiger charge is 2.33. The molecule has 0 heterocycles. The second-order valence-corrected chi connectivity index (χ2v) is 9.75. The average Bonchev–Trinajstić information content (AvgIpc) is 2.93. The van der Waals surface area contributed by atoms with Crippen molar-refractivity contribution in [3.63, 3.8) is 0 Å². The molecule has 7 N–H and O–H groups in total. The number of carboxylic acids is 2. The summed E-state index contributed by atoms with van der Waals surface area (Å²) in [5, 5.41) is 26.5. The summed E-state index contributed by atoms with van der Waals surface area (Å²) in [6.45, 7) is 3.53. The third-order valence-electron chi connectivity index (χ3n) is 6.61. The van der Waals surface area contributed by atoms with Crippen LogP contribution in [-0.2, 0) is 36.8 Å². The molecule has 0 aromatic heterocycles. The number of benzene rings is 2. The van der Waals surface area contributed by atoms with Crippen molar-refractivity contribution >= 4 is 29.7 Å². The van der Waals surface area contributed by atoms with Gasteiger partial charge in [-0.2, -0.15) is 0 Å². The molecule has 0 aliphatic rings. The fraction of sp³-hybridized carbons (Fsp3) is 0.414. The summed E-state index contributed by atoms with van der Waals surface area (Å²) < 4.78 is 0. The predicted molar refractivity (Wildman–Crippen MR) is 148 cm³/mol. The summed E-state index contributed by atoms with van der Waals surface area (Å²) in [7, 11) is 0. The fourth-order valence-corrected chi connectivity index (χ4v) is 4.04. The monoisotopic (exact) mass is 554 g/mol. The van der Waals surface area contributed by atoms with Gasteiger partial charge < -0.3 is 31.9 Å². The zero-order valence-electron chi connectivity index (χ0n) is 22.7. The van der Waals surface area contributed by atoms with Gasteiger partial charge in [0.1, 0.15) is 18.1 Å². The SMILES string of the molecule is CCC(C)C(NC(=O)C(CCC(=O)O)NC(=O)C(N)Cc1ccccc1)C(=O)NC(Cc1ccccc1)C(=O)O. The number of aliphatic carboxylic acids is 2. The molecular weight excluding hydrogens is 516 g/mol. The van der Waals surface area contributed by atoms with Crippen LogP contribution in [-0.4, -0.2) is 64.0 Å². The Morgan fingerprint density at radius 2 is 1.27 bits per heavy atom. The van der Waals surface area contributed by atoms with E-state index in [2.05, 4.69) is 16.0 Å². The van der Waals surface area contributed by atoms with Crippen LogP contribution in [0, 0.1) is 5.92 Å². The standard InChI is InChI=1S/C29H38N4O7/c1-3-18(2)25(28(38)32-23(29(39)40)17-20-12-8-5-9-13-20)33-27(37)22(14-15-24(34)35)31-26(36)21(30)16-19-10-6-4-7-11-19/h4-13,18,21-23,25H,3,14-17,30H2,1-2H3,(H,31,36)(H,32,38)(H,33,37)(H,34,35)(H,39,40). The van der Waals surface area contributed by atoms with Gasteiger partial charge in [0.25, 0.3) is 0 Å². The van der Waals surface area contributed by atoms with E-state index in [1.807, 2.05) is 13.0 Å². The van der Waals surface area contributed by atoms with Crippen molar-refractivity contribution < 1.29 is 34.2 Å². The first-order valence-electron chi connectivity index (χ1n) is 13.2. The van der Waals surface area contributed by atoms with Crippen LogP contribution in [0.4, 0.5) is 0 Å². The molecule has 0 aliphatic heterocycles. The summed E-state index contributed by atoms with van der Waals surface area (Å²) in [6, 6.07) is 13.2. The van der Waals surface area contributed by atoms with Crippen LogP contribution < -0.4 is 21.7 Å². The second kappa shape index (κ2) is 16.0. The molecule has 11 heteroatoms. The number of carbonyl (C=O) groups excluding carboxylic acids is 3. The third-order valence-corrected chi connectivity index (χ3v) is 6.61. The van der Waals surface area contributed by atoms with Gasteiger partial charge in [-0.15, -0.1) is 0 Å². The molecule has 0 bridgehead atoms. The van der Waals surface area contributed by atoms with Gasteiger partial charge in [-0.3, -0.25) is 19.2 Å². The van der Waals surface area contributed by atoms with Crippen LogP contribution in [0.25, 0.3) is 0 Å². The minimum Gasteiger partial charge on any atom is -0.481 e. The first-order valence-corrected chi connectivity index (χ1v) is 13.2. The molecule has 40 heavy (non-hydrogen) atoms. The maximum atomic E-state index is 13.3. The molecule has 0 saturated carbocycles. The van der Waals surface area contributed by atoms with Crippen molar-refractivity contribution in [2.24, 2.45) is 11.7 Å². The summed E-state index contributed by atoms with van der Waals surface area (Å²) in [5.41, 5.74) is 7.56. The Kier molecular flexibility index (Phi) is 12.8. The molecule has 0 saturated heterocycles. The van der Waals surface area contributed by atoms with Gasteiger partial charge in [0.2, 0.25) is 17.7 Å². The van der Waals surface area contributed by atoms with Crippen molar-refractivity contribution in [3.8, 4) is 0 Å². The molecule has 3 amide bonds. The second-order valence-electron chi connectivity index (χ2n) is 9.75. The van der Waals surface area contributed by atoms with Crippen LogP contribution in [0.15, 0.2) is 60.7 Å². The van der Waals surface area contributed by atoms with Gasteiger partial charge in [0.05, 0.1) is 6.04 Å². The summed E-state index contributed by atoms with van der Waals surface area (Å²) in [6.07, 6.45) is 0.0780. The molecular formula is C29H38N4O7. The maximum absolute atomic E-state index is 13.3. The van der Waals surface area contributed by atoms with Gasteiger partial charge in [-0.05, 0) is 29.9 Å². The minimum atomic E-state index is -1.27. The van der Waals surface area contributed by atoms with Gasteiger partial charge in [0.15, 0.2) is 0 Å². The molecule has 2 aromatic rings. The van der Waals surface area contributed by atoms with Crippen LogP contribution in [0.2, 0.25) is 0 Å². The van der Waals surface area contributed by atoms with Crippen molar-refractivity contribution in [2.75, 3.05) is 0 Å². The fourth-order valence-electron chi connectivity index (χ4n) is 4.04. The predicted octanol–water partition coefficient (Wildman–Crippen LogP) is 1.25. The number of nitrogens with two attached hydrogens (primary N) is 1. The van der Waals surface area contributed by atoms with E-state index in [1.54, 1.807) is 61.5 Å². The lowest BCUT2D eigenvalue weighted by Crippen LogP contribution is -2.59. The number of nitrogens with one attached hydrogen (secondary N) is 3. The first-order chi connectivity index (χ1) is 19.0. The first kappa shape index (κ1) is 32.0. The molecule has 5 unspecified atom stereocenters. The van der Waals surface area contributed by atoms with E-state index in [0.717, 1.165) is 5.56 Å². The van der Waals surface area contributed by atoms with Gasteiger partial charge >= 0.3 is 11.9 Å². The quantitative estimate of drug-likeness (QED) is 0.179. The Morgan fingerprint density at radius 1 is 0.750 bits per heavy atom. The number of rotatable bonds is 16. The van der Waals surface area contributed by atoms with Crippen molar-refractivity contribution in [1.82, 2.24) is 16.0 Å². The normalized spacial score (nSPS) is 14.6. The van der Waals surface area contributed by atoms with E-state index in [0.29, 0.717) is 12.0 Å². The molecule has 2 aromatic carbocycles. The highest BCUT2D eigenvalue weighted by molar-refractivity contribution is 5.94. The molecule has 0 radical (unpaired) electrons. The van der Waals surface area contributed by atoms with E-state index in [1.165, 1.54) is 0 Å². The average molecular weight is 555 g/mol. The molecule has 2 rings (SSSR count). The lowest BCUT2D eigenvalue weighted by Gasteiger charge is -2.28. The Bertz CT molecular complexity index is 1140. The minimum absolute atomic E-state index is 0.0414. The Hall–Kier alpha value is -4.25. The summed E-state index contributed by atoms with van der Waals surface area (Å²) in [5.74, 6) is -4.90. The van der Waals surface area contributed by atoms with Gasteiger partial charge in [-0.1, -0.05) is 80.9 Å². The van der Waals surface area contributed by atoms with Crippen molar-refractivity contribution in [2.45, 2.75) is 70.1 Å². The number of hydrogen-bond donors (Lipinski definition) is 6. The lowest BCUT2D eigenvalue weighted by atomic mass is 9.96. The number of amides is 3. The van der Waals surface area contributed by atoms with E-state index in [9.17, 15) is 29.1 Å². The van der Waals surface area contributed by atoms with E-state index < -0.39 is 66.2 Å². The largest absolute Gasteiger partial charge is 0.481 e. The molecule has 0 aliphatic carbocycles. The van der Waals surface area contributed by atoms with E-state index in [-0.39, 0.29) is 19.3 Å². The Balaban J connectivity index is 2.15. The van der Waals surface area contributed by atoms with E-state index in [4.69, 9.17) is 10.8 Å². The summed E-state index contributed by atoms with van der Waals surface area (Å²) in [4.78, 5) is 62.4. The maximum Gasteiger partial charge on any atom is 0.326 e. The number of hydrogen-bond acceptors (Lipinski definition) is 6. The Morgan fingerprint density at radius 3 is 1.77 bits per heavy atom. The van der Waals surface area contributed by atoms with Crippen LogP contribution >= 0.6 is 0 Å². The topological polar surface area (TPSA) is 188 Å². The number of carboxylic acid groups (broad SMARTS) is 2. The summed E-state index contributed by atoms with van der Waals surface area (Å²) >= 11 is 0. The number of carbonyl (C=O) groups is 5. The highest BCUT2D eigenvalue weighted by Crippen LogP contribution is 2.12. The van der Waals surface area contributed by atoms with Gasteiger partial charge in [0, 0.05) is 12.8 Å². The van der Waals surface area contributed by atoms with Crippen molar-refractivity contribution in [1.29, 1.82) is 0 Å². The molecule has 0 fully saturated rings. The van der Waals surface area contributed by atoms with Gasteiger partial charge in [-0.25, -0.2) is 4.79 Å². The zero-order valence-corrected chi connectivity index (χ0v) is 22.7. The molecule has 0 spiro atoms. The van der Waals surface area contributed by atoms with E-state index >= 15 is 0 Å². The van der Waals surface area contributed by atoms with Crippen molar-refractivity contribution in [3.05, 3.63) is 71.8 Å². The zero-order chi connectivity index (χ0) is 29.7. The molecule has 5 atom stereocenters. The third kappa shape index (κ3) is 10.5. The van der Waals surface area contributed by atoms with Crippen LogP contribution in [0.5, 0.6) is 0 Å². The lowest BCUT2D eigenvalue weighted by molar-refractivity contribution is -0.142. The molecule has 216 valence electrons. The molecule has 11 nitrogen and oxygen atoms in total. The van der Waals surface area contributed by atoms with Crippen LogP contribution in [0.3, 0.4) is 0 Å².